The van der Waals surface area contributed by atoms with Crippen LogP contribution in [0.4, 0.5) is 0 Å². The van der Waals surface area contributed by atoms with Crippen LogP contribution in [0.1, 0.15) is 18.2 Å². The number of aliphatic hydroxyl groups excluding tert-OH is 1. The molecule has 0 amide bonds. The van der Waals surface area contributed by atoms with E-state index in [9.17, 15) is 13.5 Å². The van der Waals surface area contributed by atoms with Crippen LogP contribution in [0.5, 0.6) is 0 Å². The fraction of sp³-hybridized carbons (Fsp3) is 0.300. The highest BCUT2D eigenvalue weighted by Crippen LogP contribution is 2.26. The number of hydrogen-bond donors (Lipinski definition) is 1. The van der Waals surface area contributed by atoms with Crippen LogP contribution >= 0.6 is 15.9 Å². The standard InChI is InChI=1S/C20H23BrN4O3S/c1-16(15-26)25(29(27,28)20-10-6-5-9-19(20)21)12-11-18-14-24(23-22-18)13-17-7-3-2-4-8-17/h2-10,14,16,26H,11-13,15H2,1H3/t16-/m0/s1. The topological polar surface area (TPSA) is 88.3 Å². The van der Waals surface area contributed by atoms with Crippen LogP contribution in [0.15, 0.2) is 70.2 Å². The van der Waals surface area contributed by atoms with E-state index in [1.165, 1.54) is 4.31 Å². The SMILES string of the molecule is C[C@@H](CO)N(CCc1cn(Cc2ccccc2)nn1)S(=O)(=O)c1ccccc1Br. The fourth-order valence-corrected chi connectivity index (χ4v) is 5.56. The summed E-state index contributed by atoms with van der Waals surface area (Å²) in [7, 11) is -3.78. The Bertz CT molecular complexity index is 1040. The van der Waals surface area contributed by atoms with E-state index in [2.05, 4.69) is 26.2 Å². The zero-order valence-corrected chi connectivity index (χ0v) is 18.4. The molecule has 0 aliphatic heterocycles. The molecule has 29 heavy (non-hydrogen) atoms. The van der Waals surface area contributed by atoms with E-state index >= 15 is 0 Å². The lowest BCUT2D eigenvalue weighted by Crippen LogP contribution is -2.42. The molecule has 0 aliphatic carbocycles. The number of hydrogen-bond acceptors (Lipinski definition) is 5. The smallest absolute Gasteiger partial charge is 0.244 e. The molecule has 0 aliphatic rings. The van der Waals surface area contributed by atoms with Gasteiger partial charge in [0.15, 0.2) is 0 Å². The summed E-state index contributed by atoms with van der Waals surface area (Å²) in [5, 5.41) is 17.9. The van der Waals surface area contributed by atoms with Gasteiger partial charge in [0.25, 0.3) is 0 Å². The number of nitrogens with zero attached hydrogens (tertiary/aromatic N) is 4. The normalized spacial score (nSPS) is 13.0. The maximum Gasteiger partial charge on any atom is 0.244 e. The summed E-state index contributed by atoms with van der Waals surface area (Å²) in [4.78, 5) is 0.174. The molecular formula is C20H23BrN4O3S. The number of aliphatic hydroxyl groups is 1. The number of aromatic nitrogens is 3. The summed E-state index contributed by atoms with van der Waals surface area (Å²) in [5.74, 6) is 0. The molecule has 1 atom stereocenters. The molecule has 7 nitrogen and oxygen atoms in total. The van der Waals surface area contributed by atoms with Crippen molar-refractivity contribution < 1.29 is 13.5 Å². The minimum atomic E-state index is -3.78. The van der Waals surface area contributed by atoms with Gasteiger partial charge in [-0.25, -0.2) is 13.1 Å². The van der Waals surface area contributed by atoms with Gasteiger partial charge in [0.05, 0.1) is 23.7 Å². The largest absolute Gasteiger partial charge is 0.395 e. The molecule has 0 radical (unpaired) electrons. The Labute approximate surface area is 179 Å². The van der Waals surface area contributed by atoms with Crippen LogP contribution in [0.25, 0.3) is 0 Å². The van der Waals surface area contributed by atoms with Crippen molar-refractivity contribution in [3.05, 3.63) is 76.5 Å². The summed E-state index contributed by atoms with van der Waals surface area (Å²) in [6, 6.07) is 16.0. The molecule has 0 saturated heterocycles. The average Bonchev–Trinajstić information content (AvgIpc) is 3.16. The first-order valence-electron chi connectivity index (χ1n) is 9.22. The van der Waals surface area contributed by atoms with Gasteiger partial charge in [-0.2, -0.15) is 4.31 Å². The highest BCUT2D eigenvalue weighted by Gasteiger charge is 2.30. The molecule has 0 spiro atoms. The van der Waals surface area contributed by atoms with E-state index in [0.29, 0.717) is 23.1 Å². The Kier molecular flexibility index (Phi) is 7.18. The van der Waals surface area contributed by atoms with E-state index in [4.69, 9.17) is 0 Å². The maximum absolute atomic E-state index is 13.2. The van der Waals surface area contributed by atoms with Crippen LogP contribution in [-0.4, -0.2) is 52.0 Å². The molecule has 2 aromatic carbocycles. The zero-order chi connectivity index (χ0) is 20.9. The van der Waals surface area contributed by atoms with Crippen molar-refractivity contribution in [2.45, 2.75) is 30.8 Å². The van der Waals surface area contributed by atoms with Crippen molar-refractivity contribution in [3.63, 3.8) is 0 Å². The monoisotopic (exact) mass is 478 g/mol. The summed E-state index contributed by atoms with van der Waals surface area (Å²) in [6.07, 6.45) is 2.21. The Hall–Kier alpha value is -2.07. The van der Waals surface area contributed by atoms with E-state index in [1.807, 2.05) is 36.5 Å². The Balaban J connectivity index is 1.74. The van der Waals surface area contributed by atoms with Gasteiger partial charge < -0.3 is 5.11 Å². The maximum atomic E-state index is 13.2. The van der Waals surface area contributed by atoms with Gasteiger partial charge in [0.2, 0.25) is 10.0 Å². The van der Waals surface area contributed by atoms with E-state index < -0.39 is 16.1 Å². The van der Waals surface area contributed by atoms with Crippen LogP contribution in [0.2, 0.25) is 0 Å². The fourth-order valence-electron chi connectivity index (χ4n) is 2.97. The van der Waals surface area contributed by atoms with E-state index in [0.717, 1.165) is 5.56 Å². The summed E-state index contributed by atoms with van der Waals surface area (Å²) >= 11 is 3.31. The lowest BCUT2D eigenvalue weighted by Gasteiger charge is -2.27. The van der Waals surface area contributed by atoms with Crippen molar-refractivity contribution in [3.8, 4) is 0 Å². The highest BCUT2D eigenvalue weighted by molar-refractivity contribution is 9.10. The molecule has 0 fully saturated rings. The van der Waals surface area contributed by atoms with Crippen LogP contribution < -0.4 is 0 Å². The molecule has 154 valence electrons. The molecule has 9 heteroatoms. The number of sulfonamides is 1. The summed E-state index contributed by atoms with van der Waals surface area (Å²) < 4.78 is 29.9. The Morgan fingerprint density at radius 3 is 2.52 bits per heavy atom. The second-order valence-electron chi connectivity index (χ2n) is 6.72. The number of halogens is 1. The molecule has 0 unspecified atom stereocenters. The van der Waals surface area contributed by atoms with Gasteiger partial charge in [0, 0.05) is 29.7 Å². The van der Waals surface area contributed by atoms with Gasteiger partial charge in [-0.15, -0.1) is 5.10 Å². The van der Waals surface area contributed by atoms with Crippen LogP contribution in [0.3, 0.4) is 0 Å². The predicted molar refractivity (Wildman–Crippen MR) is 114 cm³/mol. The molecule has 1 aromatic heterocycles. The third-order valence-electron chi connectivity index (χ3n) is 4.54. The number of rotatable bonds is 9. The van der Waals surface area contributed by atoms with Gasteiger partial charge in [-0.1, -0.05) is 47.7 Å². The first-order chi connectivity index (χ1) is 13.9. The zero-order valence-electron chi connectivity index (χ0n) is 16.0. The second kappa shape index (κ2) is 9.62. The number of benzene rings is 2. The van der Waals surface area contributed by atoms with Gasteiger partial charge >= 0.3 is 0 Å². The van der Waals surface area contributed by atoms with Gasteiger partial charge in [-0.05, 0) is 40.5 Å². The quantitative estimate of drug-likeness (QED) is 0.510. The third kappa shape index (κ3) is 5.30. The third-order valence-corrected chi connectivity index (χ3v) is 7.57. The Morgan fingerprint density at radius 2 is 1.83 bits per heavy atom. The first-order valence-corrected chi connectivity index (χ1v) is 11.5. The van der Waals surface area contributed by atoms with Crippen LogP contribution in [-0.2, 0) is 23.0 Å². The predicted octanol–water partition coefficient (Wildman–Crippen LogP) is 2.70. The highest BCUT2D eigenvalue weighted by atomic mass is 79.9. The van der Waals surface area contributed by atoms with E-state index in [1.54, 1.807) is 35.9 Å². The lowest BCUT2D eigenvalue weighted by molar-refractivity contribution is 0.198. The van der Waals surface area contributed by atoms with Crippen molar-refractivity contribution in [1.82, 2.24) is 19.3 Å². The van der Waals surface area contributed by atoms with Crippen molar-refractivity contribution in [2.24, 2.45) is 0 Å². The molecule has 3 rings (SSSR count). The summed E-state index contributed by atoms with van der Waals surface area (Å²) in [6.45, 7) is 2.19. The van der Waals surface area contributed by atoms with Crippen molar-refractivity contribution >= 4 is 26.0 Å². The lowest BCUT2D eigenvalue weighted by atomic mass is 10.2. The first kappa shape index (κ1) is 21.6. The minimum Gasteiger partial charge on any atom is -0.395 e. The minimum absolute atomic E-state index is 0.174. The molecule has 1 heterocycles. The van der Waals surface area contributed by atoms with Crippen molar-refractivity contribution in [2.75, 3.05) is 13.2 Å². The summed E-state index contributed by atoms with van der Waals surface area (Å²) in [5.41, 5.74) is 1.80. The van der Waals surface area contributed by atoms with Gasteiger partial charge in [0.1, 0.15) is 0 Å². The Morgan fingerprint density at radius 1 is 1.14 bits per heavy atom. The van der Waals surface area contributed by atoms with Gasteiger partial charge in [-0.3, -0.25) is 0 Å². The molecule has 3 aromatic rings. The van der Waals surface area contributed by atoms with E-state index in [-0.39, 0.29) is 18.0 Å². The molecule has 0 saturated carbocycles. The average molecular weight is 479 g/mol. The van der Waals surface area contributed by atoms with Crippen molar-refractivity contribution in [1.29, 1.82) is 0 Å². The molecular weight excluding hydrogens is 456 g/mol. The second-order valence-corrected chi connectivity index (χ2v) is 9.43. The van der Waals surface area contributed by atoms with Crippen LogP contribution in [0, 0.1) is 0 Å². The molecule has 0 bridgehead atoms. The molecule has 1 N–H and O–H groups in total.